The van der Waals surface area contributed by atoms with Crippen molar-refractivity contribution in [3.8, 4) is 0 Å². The lowest BCUT2D eigenvalue weighted by Gasteiger charge is -2.24. The molecule has 27 heavy (non-hydrogen) atoms. The molecule has 1 saturated carbocycles. The molecule has 0 saturated heterocycles. The van der Waals surface area contributed by atoms with Gasteiger partial charge in [-0.2, -0.15) is 0 Å². The molecule has 5 heteroatoms. The highest BCUT2D eigenvalue weighted by Gasteiger charge is 2.31. The van der Waals surface area contributed by atoms with Crippen LogP contribution in [0.2, 0.25) is 0 Å². The summed E-state index contributed by atoms with van der Waals surface area (Å²) in [5.41, 5.74) is 0. The lowest BCUT2D eigenvalue weighted by atomic mass is 9.81. The summed E-state index contributed by atoms with van der Waals surface area (Å²) in [6.07, 6.45) is 15.6. The molecule has 1 rings (SSSR count). The molecule has 0 spiro atoms. The van der Waals surface area contributed by atoms with Crippen LogP contribution in [-0.4, -0.2) is 36.9 Å². The van der Waals surface area contributed by atoms with Gasteiger partial charge in [0.05, 0.1) is 18.4 Å². The van der Waals surface area contributed by atoms with Gasteiger partial charge in [-0.3, -0.25) is 9.59 Å². The quantitative estimate of drug-likeness (QED) is 0.286. The summed E-state index contributed by atoms with van der Waals surface area (Å²) in [4.78, 5) is 23.1. The van der Waals surface area contributed by atoms with E-state index in [0.29, 0.717) is 19.4 Å². The molecule has 0 amide bonds. The van der Waals surface area contributed by atoms with Crippen LogP contribution in [0.15, 0.2) is 0 Å². The first-order valence-electron chi connectivity index (χ1n) is 11.1. The molecule has 2 atom stereocenters. The number of carbonyl (C=O) groups is 2. The number of esters is 1. The van der Waals surface area contributed by atoms with E-state index in [1.54, 1.807) is 0 Å². The maximum atomic E-state index is 12.0. The molecule has 0 heterocycles. The molecule has 0 radical (unpaired) electrons. The second kappa shape index (κ2) is 15.9. The second-order valence-corrected chi connectivity index (χ2v) is 7.86. The van der Waals surface area contributed by atoms with Gasteiger partial charge in [0.1, 0.15) is 6.61 Å². The van der Waals surface area contributed by atoms with E-state index < -0.39 is 11.9 Å². The second-order valence-electron chi connectivity index (χ2n) is 7.86. The molecule has 158 valence electrons. The standard InChI is InChI=1S/C22H40O5/c1-2-3-4-5-6-7-8-9-10-11-15-26-16-17-27-22(25)20-14-12-13-19(18-20)21(23)24/h19-20H,2-18H2,1H3,(H,23,24). The maximum absolute atomic E-state index is 12.0. The molecular weight excluding hydrogens is 344 g/mol. The fourth-order valence-electron chi connectivity index (χ4n) is 3.74. The third-order valence-electron chi connectivity index (χ3n) is 5.47. The Morgan fingerprint density at radius 1 is 0.815 bits per heavy atom. The van der Waals surface area contributed by atoms with Crippen LogP contribution in [0.4, 0.5) is 0 Å². The summed E-state index contributed by atoms with van der Waals surface area (Å²) in [6, 6.07) is 0. The van der Waals surface area contributed by atoms with E-state index in [2.05, 4.69) is 6.92 Å². The smallest absolute Gasteiger partial charge is 0.309 e. The van der Waals surface area contributed by atoms with Crippen LogP contribution in [0, 0.1) is 11.8 Å². The zero-order valence-electron chi connectivity index (χ0n) is 17.3. The Balaban J connectivity index is 1.87. The number of ether oxygens (including phenoxy) is 2. The Morgan fingerprint density at radius 2 is 1.41 bits per heavy atom. The van der Waals surface area contributed by atoms with Crippen molar-refractivity contribution in [1.29, 1.82) is 0 Å². The first kappa shape index (κ1) is 23.9. The highest BCUT2D eigenvalue weighted by atomic mass is 16.6. The van der Waals surface area contributed by atoms with Crippen molar-refractivity contribution < 1.29 is 24.2 Å². The zero-order valence-corrected chi connectivity index (χ0v) is 17.3. The Kier molecular flexibility index (Phi) is 14.1. The average molecular weight is 385 g/mol. The predicted molar refractivity (Wildman–Crippen MR) is 107 cm³/mol. The van der Waals surface area contributed by atoms with Crippen LogP contribution in [0.25, 0.3) is 0 Å². The van der Waals surface area contributed by atoms with Crippen LogP contribution < -0.4 is 0 Å². The van der Waals surface area contributed by atoms with E-state index in [4.69, 9.17) is 14.6 Å². The molecule has 0 aromatic heterocycles. The SMILES string of the molecule is CCCCCCCCCCCCOCCOC(=O)C1CCCC(C(=O)O)C1. The Hall–Kier alpha value is -1.10. The number of carboxylic acid groups (broad SMARTS) is 1. The molecular formula is C22H40O5. The van der Waals surface area contributed by atoms with Crippen LogP contribution >= 0.6 is 0 Å². The minimum Gasteiger partial charge on any atom is -0.481 e. The monoisotopic (exact) mass is 384 g/mol. The van der Waals surface area contributed by atoms with Gasteiger partial charge in [-0.05, 0) is 25.7 Å². The van der Waals surface area contributed by atoms with Gasteiger partial charge in [0.15, 0.2) is 0 Å². The van der Waals surface area contributed by atoms with Crippen molar-refractivity contribution in [2.75, 3.05) is 19.8 Å². The number of carboxylic acids is 1. The van der Waals surface area contributed by atoms with E-state index >= 15 is 0 Å². The summed E-state index contributed by atoms with van der Waals surface area (Å²) in [5.74, 6) is -1.72. The van der Waals surface area contributed by atoms with Crippen molar-refractivity contribution in [3.63, 3.8) is 0 Å². The molecule has 5 nitrogen and oxygen atoms in total. The third kappa shape index (κ3) is 12.1. The Labute approximate surface area is 165 Å². The van der Waals surface area contributed by atoms with Gasteiger partial charge < -0.3 is 14.6 Å². The molecule has 0 aromatic carbocycles. The average Bonchev–Trinajstić information content (AvgIpc) is 2.68. The van der Waals surface area contributed by atoms with Gasteiger partial charge in [-0.25, -0.2) is 0 Å². The lowest BCUT2D eigenvalue weighted by Crippen LogP contribution is -2.29. The fraction of sp³-hybridized carbons (Fsp3) is 0.909. The Morgan fingerprint density at radius 3 is 2.04 bits per heavy atom. The van der Waals surface area contributed by atoms with Crippen molar-refractivity contribution in [1.82, 2.24) is 0 Å². The summed E-state index contributed by atoms with van der Waals surface area (Å²) in [6.45, 7) is 3.67. The Bertz CT molecular complexity index is 396. The molecule has 1 fully saturated rings. The number of hydrogen-bond acceptors (Lipinski definition) is 4. The predicted octanol–water partition coefficient (Wildman–Crippen LogP) is 5.36. The van der Waals surface area contributed by atoms with Crippen molar-refractivity contribution in [3.05, 3.63) is 0 Å². The normalized spacial score (nSPS) is 19.7. The number of unbranched alkanes of at least 4 members (excludes halogenated alkanes) is 9. The van der Waals surface area contributed by atoms with Gasteiger partial charge in [0.2, 0.25) is 0 Å². The lowest BCUT2D eigenvalue weighted by molar-refractivity contribution is -0.153. The summed E-state index contributed by atoms with van der Waals surface area (Å²) in [7, 11) is 0. The number of carbonyl (C=O) groups excluding carboxylic acids is 1. The molecule has 0 aromatic rings. The molecule has 1 aliphatic rings. The molecule has 0 aliphatic heterocycles. The molecule has 0 bridgehead atoms. The summed E-state index contributed by atoms with van der Waals surface area (Å²) in [5, 5.41) is 9.07. The third-order valence-corrected chi connectivity index (χ3v) is 5.47. The maximum Gasteiger partial charge on any atom is 0.309 e. The van der Waals surface area contributed by atoms with Gasteiger partial charge in [0.25, 0.3) is 0 Å². The number of hydrogen-bond donors (Lipinski definition) is 1. The number of aliphatic carboxylic acids is 1. The first-order chi connectivity index (χ1) is 13.1. The van der Waals surface area contributed by atoms with Gasteiger partial charge >= 0.3 is 11.9 Å². The van der Waals surface area contributed by atoms with Crippen molar-refractivity contribution in [2.45, 2.75) is 96.8 Å². The summed E-state index contributed by atoms with van der Waals surface area (Å²) < 4.78 is 10.8. The summed E-state index contributed by atoms with van der Waals surface area (Å²) >= 11 is 0. The van der Waals surface area contributed by atoms with E-state index in [1.807, 2.05) is 0 Å². The first-order valence-corrected chi connectivity index (χ1v) is 11.1. The van der Waals surface area contributed by atoms with Crippen LogP contribution in [-0.2, 0) is 19.1 Å². The van der Waals surface area contributed by atoms with Gasteiger partial charge in [-0.15, -0.1) is 0 Å². The zero-order chi connectivity index (χ0) is 19.7. The molecule has 1 N–H and O–H groups in total. The van der Waals surface area contributed by atoms with E-state index in [0.717, 1.165) is 25.9 Å². The number of rotatable bonds is 16. The van der Waals surface area contributed by atoms with E-state index in [9.17, 15) is 9.59 Å². The largest absolute Gasteiger partial charge is 0.481 e. The van der Waals surface area contributed by atoms with E-state index in [-0.39, 0.29) is 18.5 Å². The van der Waals surface area contributed by atoms with Crippen LogP contribution in [0.3, 0.4) is 0 Å². The van der Waals surface area contributed by atoms with Crippen LogP contribution in [0.5, 0.6) is 0 Å². The fourth-order valence-corrected chi connectivity index (χ4v) is 3.74. The molecule has 1 aliphatic carbocycles. The van der Waals surface area contributed by atoms with Crippen LogP contribution in [0.1, 0.15) is 96.8 Å². The minimum absolute atomic E-state index is 0.261. The molecule has 2 unspecified atom stereocenters. The van der Waals surface area contributed by atoms with E-state index in [1.165, 1.54) is 57.8 Å². The van der Waals surface area contributed by atoms with Crippen molar-refractivity contribution in [2.24, 2.45) is 11.8 Å². The topological polar surface area (TPSA) is 72.8 Å². The van der Waals surface area contributed by atoms with Gasteiger partial charge in [0, 0.05) is 6.61 Å². The highest BCUT2D eigenvalue weighted by Crippen LogP contribution is 2.30. The highest BCUT2D eigenvalue weighted by molar-refractivity contribution is 5.75. The van der Waals surface area contributed by atoms with Crippen molar-refractivity contribution >= 4 is 11.9 Å². The minimum atomic E-state index is -0.799. The van der Waals surface area contributed by atoms with Gasteiger partial charge in [-0.1, -0.05) is 71.1 Å².